The Bertz CT molecular complexity index is 387. The van der Waals surface area contributed by atoms with E-state index in [1.807, 2.05) is 0 Å². The minimum absolute atomic E-state index is 0.0583. The second kappa shape index (κ2) is 5.86. The third-order valence-electron chi connectivity index (χ3n) is 1.71. The Kier molecular flexibility index (Phi) is 4.76. The van der Waals surface area contributed by atoms with Gasteiger partial charge in [0.2, 0.25) is 5.28 Å². The fourth-order valence-corrected chi connectivity index (χ4v) is 1.26. The highest BCUT2D eigenvalue weighted by Crippen LogP contribution is 2.20. The van der Waals surface area contributed by atoms with Gasteiger partial charge in [0.05, 0.1) is 12.8 Å². The van der Waals surface area contributed by atoms with Crippen molar-refractivity contribution in [2.75, 3.05) is 11.9 Å². The van der Waals surface area contributed by atoms with Gasteiger partial charge >= 0.3 is 5.97 Å². The van der Waals surface area contributed by atoms with E-state index in [0.29, 0.717) is 17.4 Å². The van der Waals surface area contributed by atoms with Gasteiger partial charge in [0, 0.05) is 0 Å². The van der Waals surface area contributed by atoms with Gasteiger partial charge in [-0.05, 0) is 25.4 Å². The first kappa shape index (κ1) is 13.0. The minimum atomic E-state index is -0.552. The summed E-state index contributed by atoms with van der Waals surface area (Å²) in [5, 5.41) is 3.14. The average Bonchev–Trinajstić information content (AvgIpc) is 2.23. The van der Waals surface area contributed by atoms with Crippen LogP contribution in [0.15, 0.2) is 6.20 Å². The predicted octanol–water partition coefficient (Wildman–Crippen LogP) is 2.15. The third kappa shape index (κ3) is 3.50. The van der Waals surface area contributed by atoms with Crippen LogP contribution in [-0.4, -0.2) is 28.6 Å². The van der Waals surface area contributed by atoms with Gasteiger partial charge in [-0.2, -0.15) is 4.98 Å². The molecule has 1 rings (SSSR count). The molecule has 0 fully saturated rings. The highest BCUT2D eigenvalue weighted by atomic mass is 35.5. The van der Waals surface area contributed by atoms with Crippen LogP contribution in [0, 0.1) is 0 Å². The number of nitrogens with one attached hydrogen (secondary N) is 1. The molecule has 0 aliphatic heterocycles. The van der Waals surface area contributed by atoms with Gasteiger partial charge in [0.1, 0.15) is 11.1 Å². The normalized spacial score (nSPS) is 12.0. The van der Waals surface area contributed by atoms with Crippen LogP contribution in [0.5, 0.6) is 0 Å². The van der Waals surface area contributed by atoms with Crippen molar-refractivity contribution in [3.8, 4) is 0 Å². The lowest BCUT2D eigenvalue weighted by atomic mass is 10.3. The summed E-state index contributed by atoms with van der Waals surface area (Å²) in [4.78, 5) is 18.9. The van der Waals surface area contributed by atoms with E-state index in [4.69, 9.17) is 27.9 Å². The van der Waals surface area contributed by atoms with Gasteiger partial charge in [-0.25, -0.2) is 9.78 Å². The largest absolute Gasteiger partial charge is 0.464 e. The first-order valence-corrected chi connectivity index (χ1v) is 5.41. The van der Waals surface area contributed by atoms with Crippen LogP contribution < -0.4 is 5.32 Å². The standard InChI is InChI=1S/C9H11Cl2N3O2/c1-3-16-8(15)5(2)13-7-6(10)4-12-9(11)14-7/h4-5H,3H2,1-2H3,(H,12,13,14). The lowest BCUT2D eigenvalue weighted by molar-refractivity contribution is -0.143. The smallest absolute Gasteiger partial charge is 0.328 e. The van der Waals surface area contributed by atoms with E-state index in [1.165, 1.54) is 6.20 Å². The molecule has 0 amide bonds. The van der Waals surface area contributed by atoms with Crippen LogP contribution >= 0.6 is 23.2 Å². The fraction of sp³-hybridized carbons (Fsp3) is 0.444. The molecular formula is C9H11Cl2N3O2. The van der Waals surface area contributed by atoms with Gasteiger partial charge < -0.3 is 10.1 Å². The lowest BCUT2D eigenvalue weighted by Crippen LogP contribution is -2.28. The van der Waals surface area contributed by atoms with E-state index in [9.17, 15) is 4.79 Å². The van der Waals surface area contributed by atoms with Crippen molar-refractivity contribution in [1.82, 2.24) is 9.97 Å². The van der Waals surface area contributed by atoms with E-state index in [1.54, 1.807) is 13.8 Å². The summed E-state index contributed by atoms with van der Waals surface area (Å²) in [6, 6.07) is -0.552. The second-order valence-corrected chi connectivity index (χ2v) is 3.70. The zero-order valence-electron chi connectivity index (χ0n) is 8.83. The molecule has 0 saturated heterocycles. The molecule has 0 aliphatic carbocycles. The molecule has 0 aromatic carbocycles. The number of hydrogen-bond acceptors (Lipinski definition) is 5. The molecule has 0 spiro atoms. The second-order valence-electron chi connectivity index (χ2n) is 2.95. The molecule has 0 radical (unpaired) electrons. The molecule has 1 aromatic heterocycles. The first-order chi connectivity index (χ1) is 7.54. The van der Waals surface area contributed by atoms with Gasteiger partial charge in [-0.1, -0.05) is 11.6 Å². The Hall–Kier alpha value is -1.07. The van der Waals surface area contributed by atoms with Crippen LogP contribution in [0.25, 0.3) is 0 Å². The van der Waals surface area contributed by atoms with Crippen LogP contribution in [0.1, 0.15) is 13.8 Å². The van der Waals surface area contributed by atoms with Crippen molar-refractivity contribution in [2.45, 2.75) is 19.9 Å². The molecule has 1 heterocycles. The van der Waals surface area contributed by atoms with Gasteiger partial charge in [-0.3, -0.25) is 0 Å². The maximum Gasteiger partial charge on any atom is 0.328 e. The molecule has 88 valence electrons. The van der Waals surface area contributed by atoms with E-state index >= 15 is 0 Å². The van der Waals surface area contributed by atoms with Crippen molar-refractivity contribution in [3.05, 3.63) is 16.5 Å². The average molecular weight is 264 g/mol. The number of carbonyl (C=O) groups excluding carboxylic acids is 1. The summed E-state index contributed by atoms with van der Waals surface area (Å²) in [5.41, 5.74) is 0. The highest BCUT2D eigenvalue weighted by Gasteiger charge is 2.16. The summed E-state index contributed by atoms with van der Waals surface area (Å²) >= 11 is 11.4. The van der Waals surface area contributed by atoms with Crippen LogP contribution in [0.2, 0.25) is 10.3 Å². The fourth-order valence-electron chi connectivity index (χ4n) is 0.978. The first-order valence-electron chi connectivity index (χ1n) is 4.65. The number of hydrogen-bond donors (Lipinski definition) is 1. The quantitative estimate of drug-likeness (QED) is 0.666. The summed E-state index contributed by atoms with van der Waals surface area (Å²) in [5.74, 6) is -0.0736. The Morgan fingerprint density at radius 3 is 2.94 bits per heavy atom. The zero-order valence-corrected chi connectivity index (χ0v) is 10.3. The maximum absolute atomic E-state index is 11.3. The summed E-state index contributed by atoms with van der Waals surface area (Å²) in [7, 11) is 0. The zero-order chi connectivity index (χ0) is 12.1. The molecule has 1 aromatic rings. The van der Waals surface area contributed by atoms with E-state index < -0.39 is 6.04 Å². The molecule has 1 N–H and O–H groups in total. The molecule has 1 atom stereocenters. The van der Waals surface area contributed by atoms with Crippen molar-refractivity contribution in [3.63, 3.8) is 0 Å². The number of esters is 1. The van der Waals surface area contributed by atoms with Crippen molar-refractivity contribution < 1.29 is 9.53 Å². The monoisotopic (exact) mass is 263 g/mol. The van der Waals surface area contributed by atoms with Crippen molar-refractivity contribution in [2.24, 2.45) is 0 Å². The van der Waals surface area contributed by atoms with E-state index in [0.717, 1.165) is 0 Å². The Morgan fingerprint density at radius 1 is 1.62 bits per heavy atom. The van der Waals surface area contributed by atoms with Gasteiger partial charge in [0.15, 0.2) is 5.82 Å². The van der Waals surface area contributed by atoms with Crippen LogP contribution in [-0.2, 0) is 9.53 Å². The Morgan fingerprint density at radius 2 is 2.31 bits per heavy atom. The molecule has 0 aliphatic rings. The highest BCUT2D eigenvalue weighted by molar-refractivity contribution is 6.33. The molecule has 5 nitrogen and oxygen atoms in total. The number of nitrogens with zero attached hydrogens (tertiary/aromatic N) is 2. The minimum Gasteiger partial charge on any atom is -0.464 e. The van der Waals surface area contributed by atoms with Crippen LogP contribution in [0.3, 0.4) is 0 Å². The third-order valence-corrected chi connectivity index (χ3v) is 2.17. The molecule has 0 saturated carbocycles. The SMILES string of the molecule is CCOC(=O)C(C)Nc1nc(Cl)ncc1Cl. The Balaban J connectivity index is 2.72. The predicted molar refractivity (Wildman–Crippen MR) is 61.8 cm³/mol. The van der Waals surface area contributed by atoms with Crippen LogP contribution in [0.4, 0.5) is 5.82 Å². The van der Waals surface area contributed by atoms with Crippen molar-refractivity contribution in [1.29, 1.82) is 0 Å². The number of aromatic nitrogens is 2. The molecule has 0 bridgehead atoms. The molecule has 1 unspecified atom stereocenters. The van der Waals surface area contributed by atoms with Gasteiger partial charge in [-0.15, -0.1) is 0 Å². The maximum atomic E-state index is 11.3. The number of ether oxygens (including phenoxy) is 1. The Labute approximate surface area is 103 Å². The van der Waals surface area contributed by atoms with Gasteiger partial charge in [0.25, 0.3) is 0 Å². The van der Waals surface area contributed by atoms with E-state index in [-0.39, 0.29) is 11.3 Å². The molecule has 7 heteroatoms. The summed E-state index contributed by atoms with van der Waals surface area (Å²) < 4.78 is 4.83. The summed E-state index contributed by atoms with van der Waals surface area (Å²) in [6.45, 7) is 3.70. The number of halogens is 2. The van der Waals surface area contributed by atoms with Crippen molar-refractivity contribution >= 4 is 35.0 Å². The van der Waals surface area contributed by atoms with E-state index in [2.05, 4.69) is 15.3 Å². The number of anilines is 1. The topological polar surface area (TPSA) is 64.1 Å². The number of rotatable bonds is 4. The number of carbonyl (C=O) groups is 1. The lowest BCUT2D eigenvalue weighted by Gasteiger charge is -2.13. The molecular weight excluding hydrogens is 253 g/mol. The molecule has 16 heavy (non-hydrogen) atoms. The summed E-state index contributed by atoms with van der Waals surface area (Å²) in [6.07, 6.45) is 1.36.